The van der Waals surface area contributed by atoms with Gasteiger partial charge >= 0.3 is 0 Å². The minimum atomic E-state index is -0.654. The van der Waals surface area contributed by atoms with E-state index in [1.807, 2.05) is 6.07 Å². The van der Waals surface area contributed by atoms with Crippen molar-refractivity contribution in [3.8, 4) is 6.07 Å². The maximum atomic E-state index is 13.8. The molecule has 0 unspecified atom stereocenters. The second-order valence-corrected chi connectivity index (χ2v) is 5.37. The van der Waals surface area contributed by atoms with Gasteiger partial charge in [-0.15, -0.1) is 0 Å². The molecule has 1 aliphatic rings. The Bertz CT molecular complexity index is 609. The Morgan fingerprint density at radius 1 is 1.23 bits per heavy atom. The van der Waals surface area contributed by atoms with Crippen LogP contribution in [0.4, 0.5) is 4.39 Å². The van der Waals surface area contributed by atoms with Crippen molar-refractivity contribution >= 4 is 23.4 Å². The van der Waals surface area contributed by atoms with Gasteiger partial charge in [-0.25, -0.2) is 4.39 Å². The monoisotopic (exact) mass is 323 g/mol. The van der Waals surface area contributed by atoms with Crippen LogP contribution >= 0.6 is 11.6 Å². The van der Waals surface area contributed by atoms with Crippen molar-refractivity contribution in [3.05, 3.63) is 34.6 Å². The summed E-state index contributed by atoms with van der Waals surface area (Å²) in [6.07, 6.45) is 0.405. The lowest BCUT2D eigenvalue weighted by atomic mass is 10.1. The largest absolute Gasteiger partial charge is 0.340 e. The molecule has 0 aliphatic carbocycles. The molecule has 1 heterocycles. The molecule has 7 heteroatoms. The van der Waals surface area contributed by atoms with E-state index in [4.69, 9.17) is 16.9 Å². The van der Waals surface area contributed by atoms with Crippen molar-refractivity contribution in [1.29, 1.82) is 5.26 Å². The van der Waals surface area contributed by atoms with Crippen LogP contribution in [-0.4, -0.2) is 47.8 Å². The summed E-state index contributed by atoms with van der Waals surface area (Å²) in [5.41, 5.74) is -0.138. The molecule has 1 aromatic rings. The number of rotatable bonds is 2. The minimum absolute atomic E-state index is 0.0756. The molecule has 0 atom stereocenters. The summed E-state index contributed by atoms with van der Waals surface area (Å²) in [7, 11) is 0. The molecule has 1 saturated heterocycles. The third-order valence-electron chi connectivity index (χ3n) is 3.54. The number of carbonyl (C=O) groups excluding carboxylic acids is 2. The van der Waals surface area contributed by atoms with Gasteiger partial charge in [0.1, 0.15) is 12.2 Å². The Morgan fingerprint density at radius 2 is 1.91 bits per heavy atom. The van der Waals surface area contributed by atoms with E-state index >= 15 is 0 Å². The van der Waals surface area contributed by atoms with Crippen LogP contribution in [-0.2, 0) is 4.79 Å². The van der Waals surface area contributed by atoms with E-state index < -0.39 is 11.7 Å². The quantitative estimate of drug-likeness (QED) is 0.837. The summed E-state index contributed by atoms with van der Waals surface area (Å²) in [6, 6.07) is 5.93. The van der Waals surface area contributed by atoms with Crippen LogP contribution in [0.3, 0.4) is 0 Å². The number of halogens is 2. The van der Waals surface area contributed by atoms with Crippen LogP contribution in [0.15, 0.2) is 18.2 Å². The first-order valence-corrected chi connectivity index (χ1v) is 7.30. The molecule has 0 radical (unpaired) electrons. The first-order chi connectivity index (χ1) is 10.5. The third-order valence-corrected chi connectivity index (χ3v) is 3.86. The summed E-state index contributed by atoms with van der Waals surface area (Å²) in [4.78, 5) is 27.2. The van der Waals surface area contributed by atoms with E-state index in [1.54, 1.807) is 4.90 Å². The van der Waals surface area contributed by atoms with Crippen molar-refractivity contribution < 1.29 is 14.0 Å². The molecule has 1 aliphatic heterocycles. The second kappa shape index (κ2) is 7.23. The first-order valence-electron chi connectivity index (χ1n) is 6.92. The van der Waals surface area contributed by atoms with Crippen molar-refractivity contribution in [1.82, 2.24) is 9.80 Å². The maximum Gasteiger partial charge on any atom is 0.258 e. The Balaban J connectivity index is 2.10. The molecule has 1 fully saturated rings. The van der Waals surface area contributed by atoms with Gasteiger partial charge in [-0.2, -0.15) is 5.26 Å². The van der Waals surface area contributed by atoms with Crippen molar-refractivity contribution in [2.24, 2.45) is 0 Å². The smallest absolute Gasteiger partial charge is 0.258 e. The van der Waals surface area contributed by atoms with E-state index in [0.717, 1.165) is 0 Å². The average molecular weight is 324 g/mol. The topological polar surface area (TPSA) is 64.4 Å². The number of hydrogen-bond donors (Lipinski definition) is 0. The Morgan fingerprint density at radius 3 is 2.59 bits per heavy atom. The van der Waals surface area contributed by atoms with E-state index in [0.29, 0.717) is 32.6 Å². The zero-order valence-corrected chi connectivity index (χ0v) is 12.6. The summed E-state index contributed by atoms with van der Waals surface area (Å²) in [6.45, 7) is 1.52. The molecule has 2 rings (SSSR count). The van der Waals surface area contributed by atoms with Crippen LogP contribution in [0.1, 0.15) is 23.2 Å². The predicted octanol–water partition coefficient (Wildman–Crippen LogP) is 2.07. The predicted molar refractivity (Wildman–Crippen MR) is 78.7 cm³/mol. The van der Waals surface area contributed by atoms with Gasteiger partial charge in [0.15, 0.2) is 0 Å². The number of amides is 2. The highest BCUT2D eigenvalue weighted by atomic mass is 35.5. The Labute approximate surface area is 132 Å². The van der Waals surface area contributed by atoms with Crippen LogP contribution in [0.25, 0.3) is 0 Å². The Kier molecular flexibility index (Phi) is 5.34. The standard InChI is InChI=1S/C15H15ClFN3O2/c16-11-3-1-4-12(17)14(11)15(22)20-8-2-7-19(9-10-20)13(21)5-6-18/h1,3-4H,2,5,7-10H2. The highest BCUT2D eigenvalue weighted by Gasteiger charge is 2.25. The number of hydrogen-bond acceptors (Lipinski definition) is 3. The zero-order chi connectivity index (χ0) is 16.1. The van der Waals surface area contributed by atoms with E-state index in [1.165, 1.54) is 23.1 Å². The molecule has 2 amide bonds. The molecule has 0 aromatic heterocycles. The molecule has 0 spiro atoms. The second-order valence-electron chi connectivity index (χ2n) is 4.96. The number of nitrogens with zero attached hydrogens (tertiary/aromatic N) is 3. The first kappa shape index (κ1) is 16.2. The van der Waals surface area contributed by atoms with Crippen LogP contribution in [0.2, 0.25) is 5.02 Å². The minimum Gasteiger partial charge on any atom is -0.340 e. The normalized spacial score (nSPS) is 15.1. The summed E-state index contributed by atoms with van der Waals surface area (Å²) >= 11 is 5.92. The number of carbonyl (C=O) groups is 2. The third kappa shape index (κ3) is 3.55. The van der Waals surface area contributed by atoms with Crippen molar-refractivity contribution in [3.63, 3.8) is 0 Å². The molecule has 5 nitrogen and oxygen atoms in total. The molecule has 0 bridgehead atoms. The van der Waals surface area contributed by atoms with Gasteiger partial charge in [-0.1, -0.05) is 17.7 Å². The molecule has 116 valence electrons. The fourth-order valence-electron chi connectivity index (χ4n) is 2.41. The lowest BCUT2D eigenvalue weighted by Crippen LogP contribution is -2.37. The van der Waals surface area contributed by atoms with Crippen molar-refractivity contribution in [2.45, 2.75) is 12.8 Å². The Hall–Kier alpha value is -2.13. The number of nitriles is 1. The maximum absolute atomic E-state index is 13.8. The zero-order valence-electron chi connectivity index (χ0n) is 11.9. The van der Waals surface area contributed by atoms with Crippen LogP contribution < -0.4 is 0 Å². The van der Waals surface area contributed by atoms with E-state index in [-0.39, 0.29) is 22.9 Å². The van der Waals surface area contributed by atoms with Gasteiger partial charge in [-0.05, 0) is 18.6 Å². The summed E-state index contributed by atoms with van der Waals surface area (Å²) in [5.74, 6) is -1.38. The lowest BCUT2D eigenvalue weighted by molar-refractivity contribution is -0.130. The van der Waals surface area contributed by atoms with E-state index in [2.05, 4.69) is 0 Å². The SMILES string of the molecule is N#CCC(=O)N1CCCN(C(=O)c2c(F)cccc2Cl)CC1. The van der Waals surface area contributed by atoms with Gasteiger partial charge in [0.05, 0.1) is 16.7 Å². The number of benzene rings is 1. The highest BCUT2D eigenvalue weighted by molar-refractivity contribution is 6.33. The molecule has 1 aromatic carbocycles. The lowest BCUT2D eigenvalue weighted by Gasteiger charge is -2.22. The fourth-order valence-corrected chi connectivity index (χ4v) is 2.65. The highest BCUT2D eigenvalue weighted by Crippen LogP contribution is 2.21. The fraction of sp³-hybridized carbons (Fsp3) is 0.400. The molecular weight excluding hydrogens is 309 g/mol. The molecule has 0 N–H and O–H groups in total. The van der Waals surface area contributed by atoms with Gasteiger partial charge in [0, 0.05) is 26.2 Å². The molecule has 0 saturated carbocycles. The average Bonchev–Trinajstić information content (AvgIpc) is 2.73. The van der Waals surface area contributed by atoms with Crippen molar-refractivity contribution in [2.75, 3.05) is 26.2 Å². The van der Waals surface area contributed by atoms with Gasteiger partial charge < -0.3 is 9.80 Å². The van der Waals surface area contributed by atoms with E-state index in [9.17, 15) is 14.0 Å². The van der Waals surface area contributed by atoms with Gasteiger partial charge in [-0.3, -0.25) is 9.59 Å². The summed E-state index contributed by atoms with van der Waals surface area (Å²) in [5, 5.41) is 8.64. The van der Waals surface area contributed by atoms with Gasteiger partial charge in [0.25, 0.3) is 5.91 Å². The summed E-state index contributed by atoms with van der Waals surface area (Å²) < 4.78 is 13.8. The van der Waals surface area contributed by atoms with Crippen LogP contribution in [0, 0.1) is 17.1 Å². The van der Waals surface area contributed by atoms with Gasteiger partial charge in [0.2, 0.25) is 5.91 Å². The molecular formula is C15H15ClFN3O2. The van der Waals surface area contributed by atoms with Crippen LogP contribution in [0.5, 0.6) is 0 Å². The molecule has 22 heavy (non-hydrogen) atoms.